The molecule has 3 aromatic rings. The molecule has 0 spiro atoms. The summed E-state index contributed by atoms with van der Waals surface area (Å²) in [6, 6.07) is 15.8. The van der Waals surface area contributed by atoms with Crippen LogP contribution in [0.15, 0.2) is 58.2 Å². The molecule has 1 saturated carbocycles. The number of hydrogen-bond acceptors (Lipinski definition) is 6. The highest BCUT2D eigenvalue weighted by molar-refractivity contribution is 7.99. The molecular weight excluding hydrogens is 386 g/mol. The fraction of sp³-hybridized carbons (Fsp3) is 0.318. The van der Waals surface area contributed by atoms with Crippen molar-refractivity contribution in [2.24, 2.45) is 5.92 Å². The second-order valence-corrected chi connectivity index (χ2v) is 8.11. The number of rotatable bonds is 8. The molecule has 1 heterocycles. The van der Waals surface area contributed by atoms with Gasteiger partial charge in [0, 0.05) is 5.56 Å². The summed E-state index contributed by atoms with van der Waals surface area (Å²) in [5, 5.41) is 11.7. The molecule has 1 aromatic heterocycles. The number of nitrogens with zero attached hydrogens (tertiary/aromatic N) is 2. The maximum Gasteiger partial charge on any atom is 0.277 e. The highest BCUT2D eigenvalue weighted by atomic mass is 32.2. The minimum absolute atomic E-state index is 0.0309. The van der Waals surface area contributed by atoms with Crippen LogP contribution >= 0.6 is 11.8 Å². The van der Waals surface area contributed by atoms with Crippen molar-refractivity contribution in [1.29, 1.82) is 0 Å². The number of nitrogens with one attached hydrogen (secondary N) is 1. The zero-order valence-corrected chi connectivity index (χ0v) is 17.2. The van der Waals surface area contributed by atoms with Gasteiger partial charge in [0.25, 0.3) is 5.22 Å². The molecule has 1 aliphatic rings. The lowest BCUT2D eigenvalue weighted by molar-refractivity contribution is -0.119. The van der Waals surface area contributed by atoms with E-state index in [2.05, 4.69) is 46.7 Å². The number of thioether (sulfide) groups is 1. The number of benzene rings is 2. The van der Waals surface area contributed by atoms with Crippen molar-refractivity contribution in [1.82, 2.24) is 15.5 Å². The average Bonchev–Trinajstić information content (AvgIpc) is 3.48. The number of amides is 1. The van der Waals surface area contributed by atoms with E-state index in [0.29, 0.717) is 17.0 Å². The molecule has 1 fully saturated rings. The van der Waals surface area contributed by atoms with Crippen LogP contribution in [0.1, 0.15) is 30.0 Å². The third-order valence-corrected chi connectivity index (χ3v) is 5.73. The van der Waals surface area contributed by atoms with Gasteiger partial charge in [-0.25, -0.2) is 0 Å². The number of ether oxygens (including phenoxy) is 1. The first-order valence-corrected chi connectivity index (χ1v) is 10.6. The van der Waals surface area contributed by atoms with Crippen molar-refractivity contribution < 1.29 is 13.9 Å². The van der Waals surface area contributed by atoms with E-state index in [1.165, 1.54) is 17.3 Å². The molecule has 1 amide bonds. The van der Waals surface area contributed by atoms with Crippen molar-refractivity contribution in [3.63, 3.8) is 0 Å². The molecule has 6 nitrogen and oxygen atoms in total. The van der Waals surface area contributed by atoms with Crippen LogP contribution < -0.4 is 10.1 Å². The van der Waals surface area contributed by atoms with Crippen molar-refractivity contribution in [2.75, 3.05) is 12.9 Å². The van der Waals surface area contributed by atoms with Crippen LogP contribution in [-0.4, -0.2) is 29.0 Å². The molecule has 150 valence electrons. The van der Waals surface area contributed by atoms with E-state index in [1.54, 1.807) is 7.11 Å². The molecule has 0 bridgehead atoms. The lowest BCUT2D eigenvalue weighted by atomic mass is 10.0. The third kappa shape index (κ3) is 4.98. The van der Waals surface area contributed by atoms with Crippen LogP contribution in [0.5, 0.6) is 5.75 Å². The molecule has 0 radical (unpaired) electrons. The van der Waals surface area contributed by atoms with Crippen LogP contribution in [-0.2, 0) is 4.79 Å². The minimum atomic E-state index is -0.0309. The van der Waals surface area contributed by atoms with E-state index in [1.807, 2.05) is 24.3 Å². The summed E-state index contributed by atoms with van der Waals surface area (Å²) >= 11 is 1.25. The molecule has 1 unspecified atom stereocenters. The minimum Gasteiger partial charge on any atom is -0.497 e. The van der Waals surface area contributed by atoms with Gasteiger partial charge >= 0.3 is 0 Å². The largest absolute Gasteiger partial charge is 0.497 e. The van der Waals surface area contributed by atoms with E-state index in [0.717, 1.165) is 29.7 Å². The summed E-state index contributed by atoms with van der Waals surface area (Å²) in [5.41, 5.74) is 3.19. The second-order valence-electron chi connectivity index (χ2n) is 7.18. The standard InChI is InChI=1S/C22H23N3O3S/c1-14-3-5-15(6-4-14)20(16-7-8-16)23-19(26)13-29-22-25-24-21(28-22)17-9-11-18(27-2)12-10-17/h3-6,9-12,16,20H,7-8,13H2,1-2H3,(H,23,26). The zero-order valence-electron chi connectivity index (χ0n) is 16.4. The van der Waals surface area contributed by atoms with Crippen LogP contribution in [0.3, 0.4) is 0 Å². The van der Waals surface area contributed by atoms with E-state index in [9.17, 15) is 4.79 Å². The first kappa shape index (κ1) is 19.5. The number of carbonyl (C=O) groups excluding carboxylic acids is 1. The number of carbonyl (C=O) groups is 1. The van der Waals surface area contributed by atoms with Crippen LogP contribution in [0.25, 0.3) is 11.5 Å². The monoisotopic (exact) mass is 409 g/mol. The lowest BCUT2D eigenvalue weighted by Gasteiger charge is -2.18. The van der Waals surface area contributed by atoms with E-state index in [4.69, 9.17) is 9.15 Å². The van der Waals surface area contributed by atoms with Crippen molar-refractivity contribution in [2.45, 2.75) is 31.0 Å². The van der Waals surface area contributed by atoms with Gasteiger partial charge in [-0.2, -0.15) is 0 Å². The smallest absolute Gasteiger partial charge is 0.277 e. The van der Waals surface area contributed by atoms with Gasteiger partial charge in [-0.3, -0.25) is 4.79 Å². The highest BCUT2D eigenvalue weighted by Crippen LogP contribution is 2.41. The summed E-state index contributed by atoms with van der Waals surface area (Å²) in [6.45, 7) is 2.07. The maximum atomic E-state index is 12.5. The van der Waals surface area contributed by atoms with Crippen molar-refractivity contribution >= 4 is 17.7 Å². The fourth-order valence-corrected chi connectivity index (χ4v) is 3.71. The van der Waals surface area contributed by atoms with E-state index < -0.39 is 0 Å². The summed E-state index contributed by atoms with van der Waals surface area (Å²) in [6.07, 6.45) is 2.31. The molecule has 1 aliphatic carbocycles. The number of aryl methyl sites for hydroxylation is 1. The molecule has 4 rings (SSSR count). The Kier molecular flexibility index (Phi) is 5.85. The SMILES string of the molecule is COc1ccc(-c2nnc(SCC(=O)NC(c3ccc(C)cc3)C3CC3)o2)cc1. The molecule has 7 heteroatoms. The van der Waals surface area contributed by atoms with Gasteiger partial charge in [0.2, 0.25) is 11.8 Å². The molecule has 0 saturated heterocycles. The molecule has 0 aliphatic heterocycles. The van der Waals surface area contributed by atoms with Crippen LogP contribution in [0.4, 0.5) is 0 Å². The average molecular weight is 410 g/mol. The Morgan fingerprint density at radius 2 is 1.90 bits per heavy atom. The molecule has 2 aromatic carbocycles. The van der Waals surface area contributed by atoms with Crippen LogP contribution in [0, 0.1) is 12.8 Å². The fourth-order valence-electron chi connectivity index (χ4n) is 3.14. The first-order valence-electron chi connectivity index (χ1n) is 9.59. The molecule has 1 N–H and O–H groups in total. The maximum absolute atomic E-state index is 12.5. The van der Waals surface area contributed by atoms with Crippen LogP contribution in [0.2, 0.25) is 0 Å². The van der Waals surface area contributed by atoms with E-state index in [-0.39, 0.29) is 17.7 Å². The number of methoxy groups -OCH3 is 1. The number of aromatic nitrogens is 2. The Hall–Kier alpha value is -2.80. The second kappa shape index (κ2) is 8.69. The molecule has 29 heavy (non-hydrogen) atoms. The molecular formula is C22H23N3O3S. The normalized spacial score (nSPS) is 14.4. The quantitative estimate of drug-likeness (QED) is 0.555. The summed E-state index contributed by atoms with van der Waals surface area (Å²) < 4.78 is 10.8. The van der Waals surface area contributed by atoms with Gasteiger partial charge < -0.3 is 14.5 Å². The van der Waals surface area contributed by atoms with Gasteiger partial charge in [0.1, 0.15) is 5.75 Å². The predicted octanol–water partition coefficient (Wildman–Crippen LogP) is 4.41. The Morgan fingerprint density at radius 1 is 1.17 bits per heavy atom. The van der Waals surface area contributed by atoms with E-state index >= 15 is 0 Å². The third-order valence-electron chi connectivity index (χ3n) is 4.92. The van der Waals surface area contributed by atoms with Crippen molar-refractivity contribution in [3.05, 3.63) is 59.7 Å². The van der Waals surface area contributed by atoms with Gasteiger partial charge in [-0.15, -0.1) is 10.2 Å². The Morgan fingerprint density at radius 3 is 2.55 bits per heavy atom. The summed E-state index contributed by atoms with van der Waals surface area (Å²) in [7, 11) is 1.62. The Labute approximate surface area is 174 Å². The first-order chi connectivity index (χ1) is 14.1. The predicted molar refractivity (Wildman–Crippen MR) is 112 cm³/mol. The van der Waals surface area contributed by atoms with Crippen molar-refractivity contribution in [3.8, 4) is 17.2 Å². The molecule has 1 atom stereocenters. The van der Waals surface area contributed by atoms with Gasteiger partial charge in [0.05, 0.1) is 18.9 Å². The summed E-state index contributed by atoms with van der Waals surface area (Å²) in [4.78, 5) is 12.5. The highest BCUT2D eigenvalue weighted by Gasteiger charge is 2.33. The summed E-state index contributed by atoms with van der Waals surface area (Å²) in [5.74, 6) is 1.91. The van der Waals surface area contributed by atoms with Gasteiger partial charge in [0.15, 0.2) is 0 Å². The zero-order chi connectivity index (χ0) is 20.2. The Bertz CT molecular complexity index is 966. The topological polar surface area (TPSA) is 77.2 Å². The van der Waals surface area contributed by atoms with Gasteiger partial charge in [-0.05, 0) is 55.5 Å². The van der Waals surface area contributed by atoms with Gasteiger partial charge in [-0.1, -0.05) is 41.6 Å². The Balaban J connectivity index is 1.34. The lowest BCUT2D eigenvalue weighted by Crippen LogP contribution is -2.31. The number of hydrogen-bond donors (Lipinski definition) is 1.